The Bertz CT molecular complexity index is 326. The van der Waals surface area contributed by atoms with Crippen LogP contribution in [0, 0.1) is 5.92 Å². The summed E-state index contributed by atoms with van der Waals surface area (Å²) < 4.78 is 28.7. The van der Waals surface area contributed by atoms with E-state index in [0.717, 1.165) is 7.11 Å². The number of rotatable bonds is 4. The number of aliphatic hydroxyl groups excluding tert-OH is 1. The van der Waals surface area contributed by atoms with Gasteiger partial charge in [-0.1, -0.05) is 0 Å². The molecule has 0 spiro atoms. The van der Waals surface area contributed by atoms with Crippen molar-refractivity contribution in [1.82, 2.24) is 4.31 Å². The summed E-state index contributed by atoms with van der Waals surface area (Å²) in [5.41, 5.74) is 0. The van der Waals surface area contributed by atoms with Crippen LogP contribution in [0.2, 0.25) is 0 Å². The first-order valence-corrected chi connectivity index (χ1v) is 6.26. The molecule has 15 heavy (non-hydrogen) atoms. The molecule has 1 saturated heterocycles. The predicted octanol–water partition coefficient (Wildman–Crippen LogP) is -1.20. The Kier molecular flexibility index (Phi) is 4.06. The van der Waals surface area contributed by atoms with Crippen LogP contribution in [0.3, 0.4) is 0 Å². The zero-order valence-electron chi connectivity index (χ0n) is 8.55. The summed E-state index contributed by atoms with van der Waals surface area (Å²) in [6, 6.07) is 0. The fourth-order valence-corrected chi connectivity index (χ4v) is 2.92. The highest BCUT2D eigenvalue weighted by atomic mass is 32.2. The number of methoxy groups -OCH3 is 1. The van der Waals surface area contributed by atoms with Crippen molar-refractivity contribution < 1.29 is 23.1 Å². The summed E-state index contributed by atoms with van der Waals surface area (Å²) in [6.45, 7) is 0.630. The van der Waals surface area contributed by atoms with Crippen molar-refractivity contribution in [2.45, 2.75) is 6.42 Å². The number of carbonyl (C=O) groups excluding carboxylic acids is 1. The van der Waals surface area contributed by atoms with Crippen LogP contribution >= 0.6 is 0 Å². The minimum absolute atomic E-state index is 0.0163. The molecule has 0 aromatic rings. The maximum absolute atomic E-state index is 11.6. The number of carbonyl (C=O) groups is 1. The highest BCUT2D eigenvalue weighted by Gasteiger charge is 2.32. The lowest BCUT2D eigenvalue weighted by Crippen LogP contribution is -2.34. The molecule has 1 heterocycles. The first-order valence-electron chi connectivity index (χ1n) is 4.65. The van der Waals surface area contributed by atoms with Crippen LogP contribution < -0.4 is 0 Å². The highest BCUT2D eigenvalue weighted by Crippen LogP contribution is 2.19. The van der Waals surface area contributed by atoms with Gasteiger partial charge in [0, 0.05) is 19.7 Å². The van der Waals surface area contributed by atoms with Gasteiger partial charge in [-0.2, -0.15) is 0 Å². The van der Waals surface area contributed by atoms with E-state index in [1.165, 1.54) is 4.31 Å². The van der Waals surface area contributed by atoms with E-state index in [2.05, 4.69) is 4.74 Å². The fourth-order valence-electron chi connectivity index (χ4n) is 1.50. The predicted molar refractivity (Wildman–Crippen MR) is 52.6 cm³/mol. The van der Waals surface area contributed by atoms with Crippen LogP contribution in [0.4, 0.5) is 0 Å². The summed E-state index contributed by atoms with van der Waals surface area (Å²) >= 11 is 0. The number of aliphatic hydroxyl groups is 1. The minimum Gasteiger partial charge on any atom is -0.468 e. The number of hydrogen-bond acceptors (Lipinski definition) is 5. The average Bonchev–Trinajstić information content (AvgIpc) is 2.65. The van der Waals surface area contributed by atoms with Crippen molar-refractivity contribution in [3.63, 3.8) is 0 Å². The number of nitrogens with zero attached hydrogens (tertiary/aromatic N) is 1. The molecule has 1 aliphatic heterocycles. The molecule has 1 atom stereocenters. The molecule has 1 fully saturated rings. The fraction of sp³-hybridized carbons (Fsp3) is 0.875. The van der Waals surface area contributed by atoms with Crippen molar-refractivity contribution in [2.24, 2.45) is 5.92 Å². The quantitative estimate of drug-likeness (QED) is 0.621. The summed E-state index contributed by atoms with van der Waals surface area (Å²) in [6.07, 6.45) is 0.636. The second kappa shape index (κ2) is 4.91. The van der Waals surface area contributed by atoms with Gasteiger partial charge >= 0.3 is 5.97 Å². The molecule has 1 rings (SSSR count). The second-order valence-corrected chi connectivity index (χ2v) is 5.50. The number of hydrogen-bond donors (Lipinski definition) is 1. The van der Waals surface area contributed by atoms with E-state index < -0.39 is 21.7 Å². The Morgan fingerprint density at radius 3 is 2.73 bits per heavy atom. The number of ether oxygens (including phenoxy) is 1. The van der Waals surface area contributed by atoms with E-state index in [1.54, 1.807) is 0 Å². The van der Waals surface area contributed by atoms with Gasteiger partial charge in [0.15, 0.2) is 5.75 Å². The molecule has 1 unspecified atom stereocenters. The standard InChI is InChI=1S/C8H15NO5S/c1-14-8(11)6-15(12,13)9-3-2-7(4-9)5-10/h7,10H,2-6H2,1H3. The Hall–Kier alpha value is -0.660. The van der Waals surface area contributed by atoms with Crippen LogP contribution in [0.1, 0.15) is 6.42 Å². The lowest BCUT2D eigenvalue weighted by molar-refractivity contribution is -0.137. The Labute approximate surface area is 88.9 Å². The number of esters is 1. The molecule has 0 saturated carbocycles. The van der Waals surface area contributed by atoms with Crippen molar-refractivity contribution in [3.8, 4) is 0 Å². The van der Waals surface area contributed by atoms with Gasteiger partial charge in [0.25, 0.3) is 0 Å². The van der Waals surface area contributed by atoms with E-state index in [-0.39, 0.29) is 19.1 Å². The van der Waals surface area contributed by atoms with Gasteiger partial charge in [-0.05, 0) is 12.3 Å². The summed E-state index contributed by atoms with van der Waals surface area (Å²) in [4.78, 5) is 10.9. The van der Waals surface area contributed by atoms with Gasteiger partial charge in [-0.25, -0.2) is 12.7 Å². The second-order valence-electron chi connectivity index (χ2n) is 3.53. The van der Waals surface area contributed by atoms with Crippen LogP contribution in [0.5, 0.6) is 0 Å². The van der Waals surface area contributed by atoms with Crippen LogP contribution in [-0.2, 0) is 19.6 Å². The molecular formula is C8H15NO5S. The third-order valence-electron chi connectivity index (χ3n) is 2.43. The summed E-state index contributed by atoms with van der Waals surface area (Å²) in [5.74, 6) is -1.40. The van der Waals surface area contributed by atoms with Gasteiger partial charge in [0.05, 0.1) is 7.11 Å². The van der Waals surface area contributed by atoms with E-state index in [1.807, 2.05) is 0 Å². The maximum Gasteiger partial charge on any atom is 0.322 e. The topological polar surface area (TPSA) is 83.9 Å². The van der Waals surface area contributed by atoms with Crippen LogP contribution in [0.15, 0.2) is 0 Å². The smallest absolute Gasteiger partial charge is 0.322 e. The average molecular weight is 237 g/mol. The minimum atomic E-state index is -3.57. The van der Waals surface area contributed by atoms with Crippen molar-refractivity contribution in [1.29, 1.82) is 0 Å². The molecule has 88 valence electrons. The van der Waals surface area contributed by atoms with Gasteiger partial charge in [-0.15, -0.1) is 0 Å². The highest BCUT2D eigenvalue weighted by molar-refractivity contribution is 7.89. The van der Waals surface area contributed by atoms with Gasteiger partial charge in [0.1, 0.15) is 0 Å². The zero-order valence-corrected chi connectivity index (χ0v) is 9.37. The van der Waals surface area contributed by atoms with Crippen molar-refractivity contribution >= 4 is 16.0 Å². The number of sulfonamides is 1. The molecule has 7 heteroatoms. The molecule has 6 nitrogen and oxygen atoms in total. The SMILES string of the molecule is COC(=O)CS(=O)(=O)N1CCC(CO)C1. The van der Waals surface area contributed by atoms with Crippen LogP contribution in [-0.4, -0.2) is 56.4 Å². The van der Waals surface area contributed by atoms with E-state index >= 15 is 0 Å². The molecule has 0 aromatic heterocycles. The Morgan fingerprint density at radius 2 is 2.27 bits per heavy atom. The molecule has 0 aromatic carbocycles. The first kappa shape index (κ1) is 12.4. The van der Waals surface area contributed by atoms with Gasteiger partial charge < -0.3 is 9.84 Å². The maximum atomic E-state index is 11.6. The molecule has 0 amide bonds. The van der Waals surface area contributed by atoms with Crippen molar-refractivity contribution in [2.75, 3.05) is 32.6 Å². The molecule has 0 radical (unpaired) electrons. The lowest BCUT2D eigenvalue weighted by Gasteiger charge is -2.14. The van der Waals surface area contributed by atoms with Gasteiger partial charge in [0.2, 0.25) is 10.0 Å². The Morgan fingerprint density at radius 1 is 1.60 bits per heavy atom. The third-order valence-corrected chi connectivity index (χ3v) is 4.15. The van der Waals surface area contributed by atoms with Crippen LogP contribution in [0.25, 0.3) is 0 Å². The molecular weight excluding hydrogens is 222 g/mol. The van der Waals surface area contributed by atoms with Crippen molar-refractivity contribution in [3.05, 3.63) is 0 Å². The van der Waals surface area contributed by atoms with E-state index in [4.69, 9.17) is 5.11 Å². The monoisotopic (exact) mass is 237 g/mol. The molecule has 1 aliphatic rings. The van der Waals surface area contributed by atoms with E-state index in [9.17, 15) is 13.2 Å². The summed E-state index contributed by atoms with van der Waals surface area (Å²) in [7, 11) is -2.42. The lowest BCUT2D eigenvalue weighted by atomic mass is 10.1. The zero-order chi connectivity index (χ0) is 11.5. The molecule has 0 aliphatic carbocycles. The first-order chi connectivity index (χ1) is 6.99. The van der Waals surface area contributed by atoms with E-state index in [0.29, 0.717) is 13.0 Å². The Balaban J connectivity index is 2.60. The normalized spacial score (nSPS) is 22.9. The summed E-state index contributed by atoms with van der Waals surface area (Å²) in [5, 5.41) is 8.86. The van der Waals surface area contributed by atoms with Gasteiger partial charge in [-0.3, -0.25) is 4.79 Å². The molecule has 1 N–H and O–H groups in total. The largest absolute Gasteiger partial charge is 0.468 e. The molecule has 0 bridgehead atoms. The third kappa shape index (κ3) is 3.15.